The topological polar surface area (TPSA) is 68.2 Å². The summed E-state index contributed by atoms with van der Waals surface area (Å²) < 4.78 is 39.1. The molecule has 0 bridgehead atoms. The summed E-state index contributed by atoms with van der Waals surface area (Å²) in [5.74, 6) is 1.20. The van der Waals surface area contributed by atoms with Crippen molar-refractivity contribution in [1.29, 1.82) is 0 Å². The van der Waals surface area contributed by atoms with Crippen LogP contribution in [0, 0.1) is 6.92 Å². The van der Waals surface area contributed by atoms with Gasteiger partial charge in [-0.25, -0.2) is 0 Å². The van der Waals surface area contributed by atoms with E-state index >= 15 is 0 Å². The zero-order chi connectivity index (χ0) is 22.9. The van der Waals surface area contributed by atoms with Crippen LogP contribution < -0.4 is 9.47 Å². The lowest BCUT2D eigenvalue weighted by molar-refractivity contribution is 0.371. The van der Waals surface area contributed by atoms with Crippen molar-refractivity contribution in [3.05, 3.63) is 88.4 Å². The number of nitrogens with zero attached hydrogens (tertiary/aromatic N) is 2. The zero-order valence-electron chi connectivity index (χ0n) is 17.9. The van der Waals surface area contributed by atoms with Crippen LogP contribution in [0.25, 0.3) is 0 Å². The van der Waals surface area contributed by atoms with Gasteiger partial charge in [0, 0.05) is 23.1 Å². The van der Waals surface area contributed by atoms with Crippen molar-refractivity contribution in [2.45, 2.75) is 24.3 Å². The van der Waals surface area contributed by atoms with E-state index in [2.05, 4.69) is 5.10 Å². The van der Waals surface area contributed by atoms with Gasteiger partial charge < -0.3 is 9.47 Å². The number of hydrazone groups is 1. The normalized spacial score (nSPS) is 16.1. The molecule has 4 rings (SSSR count). The van der Waals surface area contributed by atoms with Crippen LogP contribution in [0.2, 0.25) is 5.02 Å². The number of rotatable bonds is 6. The molecule has 0 amide bonds. The lowest BCUT2D eigenvalue weighted by Crippen LogP contribution is -2.27. The van der Waals surface area contributed by atoms with Gasteiger partial charge in [-0.05, 0) is 48.9 Å². The zero-order valence-corrected chi connectivity index (χ0v) is 19.5. The number of sulfonamides is 1. The van der Waals surface area contributed by atoms with Crippen LogP contribution in [0.1, 0.15) is 29.2 Å². The molecular formula is C24H23ClN2O4S. The van der Waals surface area contributed by atoms with Gasteiger partial charge in [0.2, 0.25) is 0 Å². The Bertz CT molecular complexity index is 1260. The van der Waals surface area contributed by atoms with E-state index in [9.17, 15) is 8.42 Å². The van der Waals surface area contributed by atoms with E-state index in [1.54, 1.807) is 62.8 Å². The average molecular weight is 471 g/mol. The first-order chi connectivity index (χ1) is 15.3. The summed E-state index contributed by atoms with van der Waals surface area (Å²) in [4.78, 5) is 0.189. The van der Waals surface area contributed by atoms with Crippen molar-refractivity contribution in [3.8, 4) is 11.5 Å². The molecule has 1 aliphatic heterocycles. The summed E-state index contributed by atoms with van der Waals surface area (Å²) in [6, 6.07) is 18.8. The molecule has 166 valence electrons. The fourth-order valence-electron chi connectivity index (χ4n) is 3.66. The molecule has 6 nitrogen and oxygen atoms in total. The van der Waals surface area contributed by atoms with Crippen LogP contribution in [0.15, 0.2) is 76.7 Å². The van der Waals surface area contributed by atoms with Crippen LogP contribution in [0.5, 0.6) is 11.5 Å². The Kier molecular flexibility index (Phi) is 6.13. The fourth-order valence-corrected chi connectivity index (χ4v) is 5.22. The van der Waals surface area contributed by atoms with Crippen molar-refractivity contribution < 1.29 is 17.9 Å². The van der Waals surface area contributed by atoms with Gasteiger partial charge in [-0.2, -0.15) is 17.9 Å². The Balaban J connectivity index is 1.82. The number of halogens is 1. The van der Waals surface area contributed by atoms with Gasteiger partial charge >= 0.3 is 0 Å². The highest BCUT2D eigenvalue weighted by Crippen LogP contribution is 2.39. The van der Waals surface area contributed by atoms with E-state index in [1.807, 2.05) is 25.1 Å². The predicted molar refractivity (Wildman–Crippen MR) is 125 cm³/mol. The van der Waals surface area contributed by atoms with Crippen molar-refractivity contribution in [2.24, 2.45) is 5.10 Å². The fraction of sp³-hybridized carbons (Fsp3) is 0.208. The molecule has 1 atom stereocenters. The maximum atomic E-state index is 13.6. The van der Waals surface area contributed by atoms with E-state index in [-0.39, 0.29) is 4.90 Å². The minimum absolute atomic E-state index is 0.189. The van der Waals surface area contributed by atoms with Crippen molar-refractivity contribution in [1.82, 2.24) is 4.41 Å². The quantitative estimate of drug-likeness (QED) is 0.496. The van der Waals surface area contributed by atoms with Crippen LogP contribution in [0.3, 0.4) is 0 Å². The van der Waals surface area contributed by atoms with Crippen LogP contribution >= 0.6 is 11.6 Å². The average Bonchev–Trinajstić information content (AvgIpc) is 3.25. The Morgan fingerprint density at radius 2 is 1.66 bits per heavy atom. The predicted octanol–water partition coefficient (Wildman–Crippen LogP) is 5.21. The molecule has 0 saturated carbocycles. The summed E-state index contributed by atoms with van der Waals surface area (Å²) in [6.45, 7) is 1.91. The summed E-state index contributed by atoms with van der Waals surface area (Å²) in [5, 5.41) is 5.16. The second kappa shape index (κ2) is 8.84. The van der Waals surface area contributed by atoms with E-state index in [4.69, 9.17) is 21.1 Å². The van der Waals surface area contributed by atoms with Crippen molar-refractivity contribution in [2.75, 3.05) is 14.2 Å². The van der Waals surface area contributed by atoms with E-state index in [1.165, 1.54) is 4.41 Å². The van der Waals surface area contributed by atoms with E-state index in [0.29, 0.717) is 34.2 Å². The molecule has 3 aromatic carbocycles. The van der Waals surface area contributed by atoms with Gasteiger partial charge in [-0.1, -0.05) is 41.4 Å². The lowest BCUT2D eigenvalue weighted by atomic mass is 9.98. The molecule has 3 aromatic rings. The molecule has 32 heavy (non-hydrogen) atoms. The van der Waals surface area contributed by atoms with Crippen LogP contribution in [-0.2, 0) is 10.0 Å². The molecule has 0 spiro atoms. The third-order valence-electron chi connectivity index (χ3n) is 5.41. The third kappa shape index (κ3) is 4.18. The summed E-state index contributed by atoms with van der Waals surface area (Å²) in [6.07, 6.45) is 0.384. The van der Waals surface area contributed by atoms with Crippen molar-refractivity contribution in [3.63, 3.8) is 0 Å². The first-order valence-corrected chi connectivity index (χ1v) is 11.8. The highest BCUT2D eigenvalue weighted by atomic mass is 35.5. The molecular weight excluding hydrogens is 448 g/mol. The first-order valence-electron chi connectivity index (χ1n) is 10.00. The van der Waals surface area contributed by atoms with Crippen LogP contribution in [0.4, 0.5) is 0 Å². The highest BCUT2D eigenvalue weighted by molar-refractivity contribution is 7.89. The molecule has 0 aromatic heterocycles. The van der Waals surface area contributed by atoms with Gasteiger partial charge in [0.25, 0.3) is 10.0 Å². The molecule has 8 heteroatoms. The summed E-state index contributed by atoms with van der Waals surface area (Å²) >= 11 is 6.06. The van der Waals surface area contributed by atoms with Crippen LogP contribution in [-0.4, -0.2) is 32.8 Å². The maximum Gasteiger partial charge on any atom is 0.279 e. The molecule has 0 N–H and O–H groups in total. The smallest absolute Gasteiger partial charge is 0.279 e. The number of aryl methyl sites for hydroxylation is 1. The molecule has 0 aliphatic carbocycles. The summed E-state index contributed by atoms with van der Waals surface area (Å²) in [5.41, 5.74) is 3.11. The second-order valence-corrected chi connectivity index (χ2v) is 9.71. The van der Waals surface area contributed by atoms with Crippen molar-refractivity contribution >= 4 is 27.3 Å². The SMILES string of the molecule is COc1ccc(C2=NN(S(=O)(=O)c3ccc(C)cc3)C(c3ccc(Cl)cc3)C2)c(OC)c1. The third-order valence-corrected chi connectivity index (χ3v) is 7.36. The van der Waals surface area contributed by atoms with Gasteiger partial charge in [0.15, 0.2) is 0 Å². The Hall–Kier alpha value is -3.03. The number of ether oxygens (including phenoxy) is 2. The lowest BCUT2D eigenvalue weighted by Gasteiger charge is -2.23. The standard InChI is InChI=1S/C24H23ClN2O4S/c1-16-4-11-20(12-5-16)32(28,29)27-23(17-6-8-18(25)9-7-17)15-22(26-27)21-13-10-19(30-2)14-24(21)31-3/h4-14,23H,15H2,1-3H3. The minimum atomic E-state index is -3.89. The Labute approximate surface area is 193 Å². The van der Waals surface area contributed by atoms with Gasteiger partial charge in [-0.3, -0.25) is 0 Å². The number of hydrogen-bond donors (Lipinski definition) is 0. The van der Waals surface area contributed by atoms with Gasteiger partial charge in [0.1, 0.15) is 11.5 Å². The van der Waals surface area contributed by atoms with E-state index in [0.717, 1.165) is 11.1 Å². The monoisotopic (exact) mass is 470 g/mol. The van der Waals surface area contributed by atoms with Gasteiger partial charge in [0.05, 0.1) is 30.9 Å². The molecule has 1 aliphatic rings. The molecule has 1 heterocycles. The maximum absolute atomic E-state index is 13.6. The Morgan fingerprint density at radius 3 is 2.28 bits per heavy atom. The Morgan fingerprint density at radius 1 is 0.969 bits per heavy atom. The molecule has 0 fully saturated rings. The second-order valence-electron chi connectivity index (χ2n) is 7.48. The molecule has 0 radical (unpaired) electrons. The summed E-state index contributed by atoms with van der Waals surface area (Å²) in [7, 11) is -0.751. The number of hydrogen-bond acceptors (Lipinski definition) is 5. The molecule has 1 unspecified atom stereocenters. The minimum Gasteiger partial charge on any atom is -0.497 e. The number of methoxy groups -OCH3 is 2. The first kappa shape index (κ1) is 22.2. The van der Waals surface area contributed by atoms with Gasteiger partial charge in [-0.15, -0.1) is 0 Å². The number of benzene rings is 3. The molecule has 0 saturated heterocycles. The highest BCUT2D eigenvalue weighted by Gasteiger charge is 2.38. The largest absolute Gasteiger partial charge is 0.497 e. The van der Waals surface area contributed by atoms with E-state index < -0.39 is 16.1 Å².